The Balaban J connectivity index is 1.96. The van der Waals surface area contributed by atoms with Gasteiger partial charge in [-0.2, -0.15) is 0 Å². The van der Waals surface area contributed by atoms with Crippen molar-refractivity contribution in [2.45, 2.75) is 38.7 Å². The largest absolute Gasteiger partial charge is 0.382 e. The fraction of sp³-hybridized carbons (Fsp3) is 0.667. The van der Waals surface area contributed by atoms with Crippen LogP contribution in [-0.2, 0) is 4.74 Å². The van der Waals surface area contributed by atoms with Gasteiger partial charge in [0, 0.05) is 32.9 Å². The maximum Gasteiger partial charge on any atom is 0.151 e. The Morgan fingerprint density at radius 2 is 2.11 bits per heavy atom. The molecule has 1 aromatic rings. The van der Waals surface area contributed by atoms with Gasteiger partial charge in [0.15, 0.2) is 5.82 Å². The van der Waals surface area contributed by atoms with Crippen LogP contribution in [0, 0.1) is 0 Å². The van der Waals surface area contributed by atoms with Crippen LogP contribution in [0.1, 0.15) is 33.1 Å². The van der Waals surface area contributed by atoms with Crippen molar-refractivity contribution in [2.24, 2.45) is 0 Å². The van der Waals surface area contributed by atoms with Crippen LogP contribution < -0.4 is 10.2 Å². The van der Waals surface area contributed by atoms with Gasteiger partial charge < -0.3 is 15.0 Å². The van der Waals surface area contributed by atoms with Crippen molar-refractivity contribution in [3.8, 4) is 0 Å². The molecule has 1 aromatic heterocycles. The Labute approximate surface area is 116 Å². The first-order valence-corrected chi connectivity index (χ1v) is 7.11. The van der Waals surface area contributed by atoms with Crippen LogP contribution in [0.3, 0.4) is 0 Å². The summed E-state index contributed by atoms with van der Waals surface area (Å²) in [6, 6.07) is 4.10. The molecule has 1 saturated heterocycles. The van der Waals surface area contributed by atoms with E-state index in [9.17, 15) is 0 Å². The molecule has 0 bridgehead atoms. The van der Waals surface area contributed by atoms with E-state index < -0.39 is 0 Å². The third-order valence-electron chi connectivity index (χ3n) is 3.79. The van der Waals surface area contributed by atoms with Crippen LogP contribution in [0.4, 0.5) is 11.5 Å². The van der Waals surface area contributed by atoms with Crippen molar-refractivity contribution in [1.82, 2.24) is 4.98 Å². The highest BCUT2D eigenvalue weighted by molar-refractivity contribution is 5.65. The van der Waals surface area contributed by atoms with E-state index >= 15 is 0 Å². The minimum absolute atomic E-state index is 0.0803. The molecule has 1 N–H and O–H groups in total. The van der Waals surface area contributed by atoms with E-state index in [0.29, 0.717) is 0 Å². The molecule has 0 aromatic carbocycles. The van der Waals surface area contributed by atoms with E-state index in [0.717, 1.165) is 37.6 Å². The molecule has 2 rings (SSSR count). The maximum atomic E-state index is 5.44. The molecule has 0 atom stereocenters. The number of nitrogens with zero attached hydrogens (tertiary/aromatic N) is 2. The molecule has 0 aliphatic carbocycles. The molecule has 106 valence electrons. The number of anilines is 2. The number of nitrogens with one attached hydrogen (secondary N) is 1. The van der Waals surface area contributed by atoms with Crippen LogP contribution in [0.5, 0.6) is 0 Å². The topological polar surface area (TPSA) is 37.4 Å². The molecule has 0 saturated carbocycles. The number of rotatable bonds is 6. The van der Waals surface area contributed by atoms with Gasteiger partial charge in [0.2, 0.25) is 0 Å². The second kappa shape index (κ2) is 6.24. The zero-order valence-electron chi connectivity index (χ0n) is 12.3. The summed E-state index contributed by atoms with van der Waals surface area (Å²) < 4.78 is 5.44. The number of hydrogen-bond acceptors (Lipinski definition) is 4. The molecule has 0 radical (unpaired) electrons. The van der Waals surface area contributed by atoms with Gasteiger partial charge in [0.05, 0.1) is 11.3 Å². The van der Waals surface area contributed by atoms with Crippen molar-refractivity contribution in [3.63, 3.8) is 0 Å². The molecule has 1 aliphatic rings. The van der Waals surface area contributed by atoms with Crippen LogP contribution in [0.15, 0.2) is 18.3 Å². The normalized spacial score (nSPS) is 15.8. The molecule has 0 spiro atoms. The second-order valence-electron chi connectivity index (χ2n) is 5.71. The van der Waals surface area contributed by atoms with E-state index in [1.54, 1.807) is 7.11 Å². The van der Waals surface area contributed by atoms with Crippen molar-refractivity contribution in [3.05, 3.63) is 18.3 Å². The second-order valence-corrected chi connectivity index (χ2v) is 5.71. The highest BCUT2D eigenvalue weighted by Gasteiger charge is 2.18. The summed E-state index contributed by atoms with van der Waals surface area (Å²) in [5.41, 5.74) is 1.06. The first-order valence-electron chi connectivity index (χ1n) is 7.11. The molecule has 0 unspecified atom stereocenters. The number of methoxy groups -OCH3 is 1. The molecular weight excluding hydrogens is 238 g/mol. The minimum atomic E-state index is -0.0803. The van der Waals surface area contributed by atoms with E-state index in [-0.39, 0.29) is 5.60 Å². The molecule has 1 aliphatic heterocycles. The Kier molecular flexibility index (Phi) is 4.64. The van der Waals surface area contributed by atoms with Gasteiger partial charge in [-0.05, 0) is 45.2 Å². The summed E-state index contributed by atoms with van der Waals surface area (Å²) in [5.74, 6) is 1.09. The fourth-order valence-electron chi connectivity index (χ4n) is 2.32. The molecule has 2 heterocycles. The number of hydrogen-bond donors (Lipinski definition) is 1. The van der Waals surface area contributed by atoms with Gasteiger partial charge in [-0.25, -0.2) is 4.98 Å². The SMILES string of the molecule is COC(C)(C)CCNc1cccnc1N1CCCC1. The summed E-state index contributed by atoms with van der Waals surface area (Å²) >= 11 is 0. The quantitative estimate of drug-likeness (QED) is 0.856. The van der Waals surface area contributed by atoms with Gasteiger partial charge in [0.1, 0.15) is 0 Å². The number of aromatic nitrogens is 1. The minimum Gasteiger partial charge on any atom is -0.382 e. The zero-order valence-corrected chi connectivity index (χ0v) is 12.3. The lowest BCUT2D eigenvalue weighted by Crippen LogP contribution is -2.26. The maximum absolute atomic E-state index is 5.44. The van der Waals surface area contributed by atoms with Crippen molar-refractivity contribution < 1.29 is 4.74 Å². The Morgan fingerprint density at radius 3 is 2.79 bits per heavy atom. The highest BCUT2D eigenvalue weighted by Crippen LogP contribution is 2.26. The van der Waals surface area contributed by atoms with Crippen LogP contribution in [-0.4, -0.2) is 37.3 Å². The third kappa shape index (κ3) is 3.83. The van der Waals surface area contributed by atoms with Gasteiger partial charge in [-0.15, -0.1) is 0 Å². The zero-order chi connectivity index (χ0) is 13.7. The number of pyridine rings is 1. The van der Waals surface area contributed by atoms with Gasteiger partial charge in [0.25, 0.3) is 0 Å². The first kappa shape index (κ1) is 14.1. The molecule has 0 amide bonds. The monoisotopic (exact) mass is 263 g/mol. The summed E-state index contributed by atoms with van der Waals surface area (Å²) in [6.45, 7) is 7.36. The van der Waals surface area contributed by atoms with E-state index in [2.05, 4.69) is 35.1 Å². The van der Waals surface area contributed by atoms with Crippen molar-refractivity contribution in [2.75, 3.05) is 37.0 Å². The standard InChI is InChI=1S/C15H25N3O/c1-15(2,19-3)8-10-16-13-7-6-9-17-14(13)18-11-4-5-12-18/h6-7,9,16H,4-5,8,10-12H2,1-3H3. The molecule has 4 heteroatoms. The summed E-state index contributed by atoms with van der Waals surface area (Å²) in [5, 5.41) is 3.50. The Hall–Kier alpha value is -1.29. The molecule has 4 nitrogen and oxygen atoms in total. The summed E-state index contributed by atoms with van der Waals surface area (Å²) in [6.07, 6.45) is 5.38. The predicted molar refractivity (Wildman–Crippen MR) is 79.9 cm³/mol. The Morgan fingerprint density at radius 1 is 1.37 bits per heavy atom. The number of ether oxygens (including phenoxy) is 1. The lowest BCUT2D eigenvalue weighted by Gasteiger charge is -2.24. The molecule has 19 heavy (non-hydrogen) atoms. The van der Waals surface area contributed by atoms with Gasteiger partial charge in [-0.3, -0.25) is 0 Å². The van der Waals surface area contributed by atoms with Gasteiger partial charge in [-0.1, -0.05) is 0 Å². The Bertz CT molecular complexity index is 400. The molecule has 1 fully saturated rings. The fourth-order valence-corrected chi connectivity index (χ4v) is 2.32. The molecular formula is C15H25N3O. The first-order chi connectivity index (χ1) is 9.12. The summed E-state index contributed by atoms with van der Waals surface area (Å²) in [4.78, 5) is 6.89. The van der Waals surface area contributed by atoms with Crippen LogP contribution >= 0.6 is 0 Å². The smallest absolute Gasteiger partial charge is 0.151 e. The van der Waals surface area contributed by atoms with E-state index in [1.165, 1.54) is 12.8 Å². The van der Waals surface area contributed by atoms with Gasteiger partial charge >= 0.3 is 0 Å². The van der Waals surface area contributed by atoms with E-state index in [1.807, 2.05) is 12.3 Å². The lowest BCUT2D eigenvalue weighted by atomic mass is 10.1. The van der Waals surface area contributed by atoms with Crippen molar-refractivity contribution >= 4 is 11.5 Å². The highest BCUT2D eigenvalue weighted by atomic mass is 16.5. The average Bonchev–Trinajstić information content (AvgIpc) is 2.93. The van der Waals surface area contributed by atoms with E-state index in [4.69, 9.17) is 4.74 Å². The van der Waals surface area contributed by atoms with Crippen LogP contribution in [0.25, 0.3) is 0 Å². The predicted octanol–water partition coefficient (Wildman–Crippen LogP) is 2.91. The third-order valence-corrected chi connectivity index (χ3v) is 3.79. The lowest BCUT2D eigenvalue weighted by molar-refractivity contribution is 0.0185. The summed E-state index contributed by atoms with van der Waals surface area (Å²) in [7, 11) is 1.76. The van der Waals surface area contributed by atoms with Crippen molar-refractivity contribution in [1.29, 1.82) is 0 Å². The average molecular weight is 263 g/mol. The van der Waals surface area contributed by atoms with Crippen LogP contribution in [0.2, 0.25) is 0 Å².